The van der Waals surface area contributed by atoms with E-state index in [2.05, 4.69) is 32.0 Å². The van der Waals surface area contributed by atoms with Crippen molar-refractivity contribution < 1.29 is 27.8 Å². The summed E-state index contributed by atoms with van der Waals surface area (Å²) >= 11 is 0. The van der Waals surface area contributed by atoms with Gasteiger partial charge in [0.25, 0.3) is 0 Å². The Morgan fingerprint density at radius 1 is 0.973 bits per heavy atom. The molecule has 9 heteroatoms. The van der Waals surface area contributed by atoms with Gasteiger partial charge in [0.1, 0.15) is 5.75 Å². The van der Waals surface area contributed by atoms with Crippen LogP contribution in [-0.4, -0.2) is 61.6 Å². The van der Waals surface area contributed by atoms with Crippen LogP contribution < -0.4 is 15.0 Å². The first-order valence-electron chi connectivity index (χ1n) is 13.1. The van der Waals surface area contributed by atoms with Crippen molar-refractivity contribution in [1.29, 1.82) is 0 Å². The fraction of sp³-hybridized carbons (Fsp3) is 0.536. The van der Waals surface area contributed by atoms with Gasteiger partial charge >= 0.3 is 6.36 Å². The second kappa shape index (κ2) is 12.6. The maximum Gasteiger partial charge on any atom is 0.573 e. The lowest BCUT2D eigenvalue weighted by Crippen LogP contribution is -2.41. The number of hydrogen-bond donors (Lipinski definition) is 2. The average molecular weight is 520 g/mol. The van der Waals surface area contributed by atoms with E-state index in [4.69, 9.17) is 0 Å². The summed E-state index contributed by atoms with van der Waals surface area (Å²) in [6.07, 6.45) is -0.190. The first-order valence-corrected chi connectivity index (χ1v) is 13.1. The zero-order chi connectivity index (χ0) is 26.3. The molecule has 2 N–H and O–H groups in total. The number of ether oxygens (including phenoxy) is 1. The molecule has 0 aliphatic carbocycles. The molecule has 1 atom stereocenters. The molecule has 37 heavy (non-hydrogen) atoms. The number of carbonyl (C=O) groups excluding carboxylic acids is 1. The van der Waals surface area contributed by atoms with Crippen molar-refractivity contribution in [2.45, 2.75) is 44.5 Å². The second-order valence-corrected chi connectivity index (χ2v) is 9.97. The molecule has 2 aliphatic rings. The number of alkyl halides is 3. The average Bonchev–Trinajstić information content (AvgIpc) is 2.90. The minimum Gasteiger partial charge on any atom is -0.406 e. The quantitative estimate of drug-likeness (QED) is 0.501. The number of likely N-dealkylation sites (tertiary alicyclic amines) is 1. The van der Waals surface area contributed by atoms with Gasteiger partial charge in [0.2, 0.25) is 5.91 Å². The fourth-order valence-corrected chi connectivity index (χ4v) is 5.46. The molecule has 0 aromatic heterocycles. The van der Waals surface area contributed by atoms with Crippen LogP contribution in [0.4, 0.5) is 18.9 Å². The smallest absolute Gasteiger partial charge is 0.406 e. The predicted molar refractivity (Wildman–Crippen MR) is 136 cm³/mol. The molecule has 1 amide bonds. The van der Waals surface area contributed by atoms with Gasteiger partial charge in [-0.25, -0.2) is 0 Å². The molecule has 6 nitrogen and oxygen atoms in total. The molecule has 2 fully saturated rings. The van der Waals surface area contributed by atoms with Crippen molar-refractivity contribution in [1.82, 2.24) is 10.2 Å². The molecule has 1 unspecified atom stereocenters. The monoisotopic (exact) mass is 519 g/mol. The van der Waals surface area contributed by atoms with E-state index in [1.54, 1.807) is 12.1 Å². The molecule has 2 heterocycles. The van der Waals surface area contributed by atoms with E-state index in [1.807, 2.05) is 18.2 Å². The van der Waals surface area contributed by atoms with Crippen LogP contribution in [0.1, 0.15) is 43.7 Å². The zero-order valence-corrected chi connectivity index (χ0v) is 21.0. The van der Waals surface area contributed by atoms with Gasteiger partial charge in [-0.2, -0.15) is 0 Å². The van der Waals surface area contributed by atoms with Gasteiger partial charge in [0, 0.05) is 31.2 Å². The third kappa shape index (κ3) is 7.85. The maximum atomic E-state index is 12.7. The van der Waals surface area contributed by atoms with Crippen molar-refractivity contribution in [2.24, 2.45) is 11.8 Å². The summed E-state index contributed by atoms with van der Waals surface area (Å²) in [5.74, 6) is 0.385. The topological polar surface area (TPSA) is 65.0 Å². The van der Waals surface area contributed by atoms with E-state index in [0.29, 0.717) is 38.4 Å². The molecular formula is C28H36F3N3O3. The number of benzene rings is 2. The van der Waals surface area contributed by atoms with Gasteiger partial charge in [0.05, 0.1) is 12.6 Å². The Morgan fingerprint density at radius 3 is 2.22 bits per heavy atom. The van der Waals surface area contributed by atoms with E-state index < -0.39 is 6.36 Å². The summed E-state index contributed by atoms with van der Waals surface area (Å²) in [5, 5.41) is 13.0. The molecule has 0 spiro atoms. The number of piperidine rings is 2. The summed E-state index contributed by atoms with van der Waals surface area (Å²) in [4.78, 5) is 17.2. The van der Waals surface area contributed by atoms with E-state index >= 15 is 0 Å². The minimum absolute atomic E-state index is 0.0397. The summed E-state index contributed by atoms with van der Waals surface area (Å²) < 4.78 is 41.0. The number of aliphatic hydroxyl groups excluding tert-OH is 1. The standard InChI is InChI=1S/C28H36F3N3O3/c29-28(30,31)37-25-8-6-24(7-9-25)33-18-13-23(14-19-33)27(36)32-15-10-21-11-16-34(17-12-21)26(20-35)22-4-2-1-3-5-22/h1-9,21,23,26,35H,10-20H2,(H,32,36). The van der Waals surface area contributed by atoms with Gasteiger partial charge in [-0.15, -0.1) is 13.2 Å². The first kappa shape index (κ1) is 27.3. The van der Waals surface area contributed by atoms with Crippen molar-refractivity contribution in [3.05, 3.63) is 60.2 Å². The van der Waals surface area contributed by atoms with Gasteiger partial charge in [-0.1, -0.05) is 30.3 Å². The fourth-order valence-electron chi connectivity index (χ4n) is 5.46. The highest BCUT2D eigenvalue weighted by atomic mass is 19.4. The first-order chi connectivity index (χ1) is 17.8. The van der Waals surface area contributed by atoms with Crippen molar-refractivity contribution >= 4 is 11.6 Å². The van der Waals surface area contributed by atoms with Crippen molar-refractivity contribution in [3.8, 4) is 5.75 Å². The van der Waals surface area contributed by atoms with Crippen molar-refractivity contribution in [3.63, 3.8) is 0 Å². The van der Waals surface area contributed by atoms with E-state index in [-0.39, 0.29) is 30.2 Å². The van der Waals surface area contributed by atoms with Crippen LogP contribution >= 0.6 is 0 Å². The molecule has 2 aromatic rings. The lowest BCUT2D eigenvalue weighted by molar-refractivity contribution is -0.274. The summed E-state index contributed by atoms with van der Waals surface area (Å²) in [6.45, 7) is 4.04. The molecule has 2 saturated heterocycles. The Balaban J connectivity index is 1.14. The Kier molecular flexibility index (Phi) is 9.32. The highest BCUT2D eigenvalue weighted by molar-refractivity contribution is 5.79. The van der Waals surface area contributed by atoms with E-state index in [9.17, 15) is 23.1 Å². The van der Waals surface area contributed by atoms with Crippen LogP contribution in [0.2, 0.25) is 0 Å². The number of hydrogen-bond acceptors (Lipinski definition) is 5. The lowest BCUT2D eigenvalue weighted by atomic mass is 9.91. The van der Waals surface area contributed by atoms with Crippen LogP contribution in [-0.2, 0) is 4.79 Å². The van der Waals surface area contributed by atoms with Crippen LogP contribution in [0.15, 0.2) is 54.6 Å². The molecule has 2 aliphatic heterocycles. The Bertz CT molecular complexity index is 972. The number of anilines is 1. The van der Waals surface area contributed by atoms with Crippen LogP contribution in [0, 0.1) is 11.8 Å². The third-order valence-electron chi connectivity index (χ3n) is 7.60. The Hall–Kier alpha value is -2.78. The highest BCUT2D eigenvalue weighted by Crippen LogP contribution is 2.29. The summed E-state index contributed by atoms with van der Waals surface area (Å²) in [7, 11) is 0. The minimum atomic E-state index is -4.70. The number of nitrogens with zero attached hydrogens (tertiary/aromatic N) is 2. The molecule has 0 saturated carbocycles. The SMILES string of the molecule is O=C(NCCC1CCN(C(CO)c2ccccc2)CC1)C1CCN(c2ccc(OC(F)(F)F)cc2)CC1. The number of nitrogens with one attached hydrogen (secondary N) is 1. The van der Waals surface area contributed by atoms with Gasteiger partial charge in [-0.05, 0) is 80.9 Å². The molecule has 0 bridgehead atoms. The van der Waals surface area contributed by atoms with Crippen LogP contribution in [0.25, 0.3) is 0 Å². The molecule has 0 radical (unpaired) electrons. The third-order valence-corrected chi connectivity index (χ3v) is 7.60. The Labute approximate surface area is 216 Å². The van der Waals surface area contributed by atoms with E-state index in [1.165, 1.54) is 12.1 Å². The normalized spacial score (nSPS) is 19.0. The number of carbonyl (C=O) groups is 1. The van der Waals surface area contributed by atoms with Crippen molar-refractivity contribution in [2.75, 3.05) is 44.2 Å². The lowest BCUT2D eigenvalue weighted by Gasteiger charge is -2.37. The molecule has 2 aromatic carbocycles. The highest BCUT2D eigenvalue weighted by Gasteiger charge is 2.31. The summed E-state index contributed by atoms with van der Waals surface area (Å²) in [5.41, 5.74) is 1.98. The zero-order valence-electron chi connectivity index (χ0n) is 21.0. The number of amides is 1. The second-order valence-electron chi connectivity index (χ2n) is 9.97. The van der Waals surface area contributed by atoms with Gasteiger partial charge in [0.15, 0.2) is 0 Å². The number of rotatable bonds is 9. The summed E-state index contributed by atoms with van der Waals surface area (Å²) in [6, 6.07) is 16.0. The van der Waals surface area contributed by atoms with E-state index in [0.717, 1.165) is 43.6 Å². The largest absolute Gasteiger partial charge is 0.573 e. The molecular weight excluding hydrogens is 483 g/mol. The number of aliphatic hydroxyl groups is 1. The number of halogens is 3. The van der Waals surface area contributed by atoms with Gasteiger partial charge in [-0.3, -0.25) is 9.69 Å². The van der Waals surface area contributed by atoms with Crippen LogP contribution in [0.3, 0.4) is 0 Å². The molecule has 202 valence electrons. The van der Waals surface area contributed by atoms with Gasteiger partial charge < -0.3 is 20.1 Å². The Morgan fingerprint density at radius 2 is 1.62 bits per heavy atom. The maximum absolute atomic E-state index is 12.7. The van der Waals surface area contributed by atoms with Crippen LogP contribution in [0.5, 0.6) is 5.75 Å². The molecule has 4 rings (SSSR count). The predicted octanol–water partition coefficient (Wildman–Crippen LogP) is 4.75.